The van der Waals surface area contributed by atoms with Crippen molar-refractivity contribution in [3.05, 3.63) is 64.6 Å². The van der Waals surface area contributed by atoms with E-state index in [1.165, 1.54) is 18.5 Å². The minimum atomic E-state index is -0.314. The Bertz CT molecular complexity index is 785. The molecule has 6 heteroatoms. The maximum atomic E-state index is 12.5. The van der Waals surface area contributed by atoms with Gasteiger partial charge in [0.1, 0.15) is 5.69 Å². The summed E-state index contributed by atoms with van der Waals surface area (Å²) in [5, 5.41) is 2.66. The van der Waals surface area contributed by atoms with Crippen molar-refractivity contribution in [3.8, 4) is 0 Å². The molecule has 1 fully saturated rings. The molecular weight excluding hydrogens is 306 g/mol. The van der Waals surface area contributed by atoms with Crippen molar-refractivity contribution in [1.82, 2.24) is 9.88 Å². The van der Waals surface area contributed by atoms with Crippen molar-refractivity contribution in [2.75, 3.05) is 18.4 Å². The maximum Gasteiger partial charge on any atom is 0.253 e. The zero-order chi connectivity index (χ0) is 16.9. The van der Waals surface area contributed by atoms with Gasteiger partial charge in [-0.15, -0.1) is 0 Å². The molecule has 0 spiro atoms. The van der Waals surface area contributed by atoms with E-state index in [0.717, 1.165) is 6.42 Å². The Hall–Kier alpha value is -2.89. The first-order valence-corrected chi connectivity index (χ1v) is 7.97. The van der Waals surface area contributed by atoms with Gasteiger partial charge in [0.15, 0.2) is 0 Å². The first-order valence-electron chi connectivity index (χ1n) is 7.97. The summed E-state index contributed by atoms with van der Waals surface area (Å²) in [5.41, 5.74) is 0.613. The zero-order valence-corrected chi connectivity index (χ0v) is 13.2. The van der Waals surface area contributed by atoms with E-state index in [9.17, 15) is 14.4 Å². The summed E-state index contributed by atoms with van der Waals surface area (Å²) in [5.74, 6) is -0.603. The second-order valence-electron chi connectivity index (χ2n) is 5.87. The molecule has 1 aromatic heterocycles. The molecule has 1 atom stereocenters. The standard InChI is InChI=1S/C18H19N3O3/c22-16-8-9-19-11-15(16)20-17(23)14-7-4-10-21(12-14)18(24)13-5-2-1-3-6-13/h1-3,5-6,8-9,11,14H,4,7,10,12H2,(H,19,22)(H,20,23)/t14-/m1/s1. The lowest BCUT2D eigenvalue weighted by atomic mass is 9.96. The fourth-order valence-corrected chi connectivity index (χ4v) is 2.89. The van der Waals surface area contributed by atoms with Crippen molar-refractivity contribution in [2.45, 2.75) is 12.8 Å². The third-order valence-corrected chi connectivity index (χ3v) is 4.18. The Kier molecular flexibility index (Phi) is 4.74. The number of anilines is 1. The van der Waals surface area contributed by atoms with Crippen molar-refractivity contribution in [2.24, 2.45) is 5.92 Å². The molecule has 2 amide bonds. The molecule has 0 aliphatic carbocycles. The number of nitrogens with one attached hydrogen (secondary N) is 2. The van der Waals surface area contributed by atoms with Crippen LogP contribution in [0.2, 0.25) is 0 Å². The van der Waals surface area contributed by atoms with E-state index < -0.39 is 0 Å². The molecule has 0 saturated carbocycles. The number of hydrogen-bond donors (Lipinski definition) is 2. The van der Waals surface area contributed by atoms with Gasteiger partial charge < -0.3 is 15.2 Å². The van der Waals surface area contributed by atoms with Crippen LogP contribution in [0.4, 0.5) is 5.69 Å². The topological polar surface area (TPSA) is 82.3 Å². The molecule has 2 aromatic rings. The van der Waals surface area contributed by atoms with Crippen molar-refractivity contribution >= 4 is 17.5 Å². The normalized spacial score (nSPS) is 17.3. The number of nitrogens with zero attached hydrogens (tertiary/aromatic N) is 1. The van der Waals surface area contributed by atoms with Gasteiger partial charge in [-0.1, -0.05) is 18.2 Å². The molecule has 3 rings (SSSR count). The molecule has 6 nitrogen and oxygen atoms in total. The number of carbonyl (C=O) groups excluding carboxylic acids is 2. The number of likely N-dealkylation sites (tertiary alicyclic amines) is 1. The van der Waals surface area contributed by atoms with Crippen molar-refractivity contribution in [1.29, 1.82) is 0 Å². The Morgan fingerprint density at radius 3 is 2.71 bits per heavy atom. The third kappa shape index (κ3) is 3.53. The summed E-state index contributed by atoms with van der Waals surface area (Å²) in [6.07, 6.45) is 4.45. The van der Waals surface area contributed by atoms with Crippen LogP contribution in [0.3, 0.4) is 0 Å². The average molecular weight is 325 g/mol. The van der Waals surface area contributed by atoms with Gasteiger partial charge in [-0.05, 0) is 25.0 Å². The summed E-state index contributed by atoms with van der Waals surface area (Å²) in [7, 11) is 0. The fourth-order valence-electron chi connectivity index (χ4n) is 2.89. The summed E-state index contributed by atoms with van der Waals surface area (Å²) in [6.45, 7) is 1.01. The first kappa shape index (κ1) is 16.0. The number of amides is 2. The molecule has 2 N–H and O–H groups in total. The number of carbonyl (C=O) groups is 2. The van der Waals surface area contributed by atoms with E-state index in [2.05, 4.69) is 10.3 Å². The van der Waals surface area contributed by atoms with Gasteiger partial charge >= 0.3 is 0 Å². The quantitative estimate of drug-likeness (QED) is 0.904. The Labute approximate surface area is 139 Å². The highest BCUT2D eigenvalue weighted by Gasteiger charge is 2.29. The third-order valence-electron chi connectivity index (χ3n) is 4.18. The van der Waals surface area contributed by atoms with E-state index in [4.69, 9.17) is 0 Å². The monoisotopic (exact) mass is 325 g/mol. The summed E-state index contributed by atoms with van der Waals surface area (Å²) >= 11 is 0. The Balaban J connectivity index is 1.67. The number of aromatic amines is 1. The van der Waals surface area contributed by atoms with Gasteiger partial charge in [0.2, 0.25) is 11.3 Å². The fraction of sp³-hybridized carbons (Fsp3) is 0.278. The van der Waals surface area contributed by atoms with E-state index >= 15 is 0 Å². The SMILES string of the molecule is O=C(Nc1c[nH]ccc1=O)[C@@H]1CCCN(C(=O)c2ccccc2)C1. The number of rotatable bonds is 3. The van der Waals surface area contributed by atoms with E-state index in [-0.39, 0.29) is 28.8 Å². The summed E-state index contributed by atoms with van der Waals surface area (Å²) < 4.78 is 0. The van der Waals surface area contributed by atoms with Crippen LogP contribution >= 0.6 is 0 Å². The zero-order valence-electron chi connectivity index (χ0n) is 13.2. The number of H-pyrrole nitrogens is 1. The van der Waals surface area contributed by atoms with E-state index in [1.54, 1.807) is 17.0 Å². The largest absolute Gasteiger partial charge is 0.366 e. The average Bonchev–Trinajstić information content (AvgIpc) is 2.64. The highest BCUT2D eigenvalue weighted by Crippen LogP contribution is 2.20. The molecule has 1 aliphatic rings. The number of pyridine rings is 1. The molecule has 0 unspecified atom stereocenters. The van der Waals surface area contributed by atoms with Crippen molar-refractivity contribution < 1.29 is 9.59 Å². The number of benzene rings is 1. The van der Waals surface area contributed by atoms with Gasteiger partial charge in [0.25, 0.3) is 5.91 Å². The molecule has 124 valence electrons. The first-order chi connectivity index (χ1) is 11.6. The molecule has 24 heavy (non-hydrogen) atoms. The van der Waals surface area contributed by atoms with Crippen molar-refractivity contribution in [3.63, 3.8) is 0 Å². The second kappa shape index (κ2) is 7.12. The molecule has 1 aromatic carbocycles. The van der Waals surface area contributed by atoms with Crippen LogP contribution in [0.5, 0.6) is 0 Å². The van der Waals surface area contributed by atoms with E-state index in [1.807, 2.05) is 18.2 Å². The van der Waals surface area contributed by atoms with Gasteiger partial charge in [-0.3, -0.25) is 14.4 Å². The Morgan fingerprint density at radius 1 is 1.17 bits per heavy atom. The van der Waals surface area contributed by atoms with Crippen LogP contribution in [0.15, 0.2) is 53.6 Å². The van der Waals surface area contributed by atoms with Crippen LogP contribution in [0.1, 0.15) is 23.2 Å². The lowest BCUT2D eigenvalue weighted by Gasteiger charge is -2.32. The lowest BCUT2D eigenvalue weighted by Crippen LogP contribution is -2.44. The smallest absolute Gasteiger partial charge is 0.253 e. The highest BCUT2D eigenvalue weighted by molar-refractivity contribution is 5.96. The molecule has 1 aliphatic heterocycles. The summed E-state index contributed by atoms with van der Waals surface area (Å²) in [4.78, 5) is 41.1. The lowest BCUT2D eigenvalue weighted by molar-refractivity contribution is -0.121. The predicted octanol–water partition coefficient (Wildman–Crippen LogP) is 1.87. The highest BCUT2D eigenvalue weighted by atomic mass is 16.2. The van der Waals surface area contributed by atoms with Gasteiger partial charge in [-0.25, -0.2) is 0 Å². The van der Waals surface area contributed by atoms with Gasteiger partial charge in [-0.2, -0.15) is 0 Å². The van der Waals surface area contributed by atoms with Crippen LogP contribution in [0.25, 0.3) is 0 Å². The molecule has 0 bridgehead atoms. The van der Waals surface area contributed by atoms with Crippen LogP contribution < -0.4 is 10.7 Å². The molecule has 2 heterocycles. The van der Waals surface area contributed by atoms with Crippen LogP contribution in [-0.4, -0.2) is 34.8 Å². The van der Waals surface area contributed by atoms with Crippen LogP contribution in [-0.2, 0) is 4.79 Å². The van der Waals surface area contributed by atoms with Gasteiger partial charge in [0.05, 0.1) is 5.92 Å². The molecule has 1 saturated heterocycles. The Morgan fingerprint density at radius 2 is 1.96 bits per heavy atom. The van der Waals surface area contributed by atoms with Crippen LogP contribution in [0, 0.1) is 5.92 Å². The number of piperidine rings is 1. The van der Waals surface area contributed by atoms with Gasteiger partial charge in [0, 0.05) is 37.1 Å². The van der Waals surface area contributed by atoms with E-state index in [0.29, 0.717) is 25.1 Å². The minimum absolute atomic E-state index is 0.0642. The summed E-state index contributed by atoms with van der Waals surface area (Å²) in [6, 6.07) is 10.4. The number of hydrogen-bond acceptors (Lipinski definition) is 3. The minimum Gasteiger partial charge on any atom is -0.366 e. The number of aromatic nitrogens is 1. The predicted molar refractivity (Wildman–Crippen MR) is 90.8 cm³/mol. The molecule has 0 radical (unpaired) electrons. The second-order valence-corrected chi connectivity index (χ2v) is 5.87. The molecular formula is C18H19N3O3. The maximum absolute atomic E-state index is 12.5.